The maximum atomic E-state index is 12.3. The average Bonchev–Trinajstić information content (AvgIpc) is 2.94. The Bertz CT molecular complexity index is 824. The van der Waals surface area contributed by atoms with Gasteiger partial charge in [0.2, 0.25) is 11.8 Å². The largest absolute Gasteiger partial charge is 0.421 e. The minimum Gasteiger partial charge on any atom is -0.421 e. The highest BCUT2D eigenvalue weighted by Crippen LogP contribution is 2.21. The fourth-order valence-electron chi connectivity index (χ4n) is 2.13. The van der Waals surface area contributed by atoms with E-state index < -0.39 is 0 Å². The second-order valence-electron chi connectivity index (χ2n) is 5.03. The van der Waals surface area contributed by atoms with Crippen molar-refractivity contribution < 1.29 is 9.21 Å². The zero-order valence-corrected chi connectivity index (χ0v) is 12.3. The van der Waals surface area contributed by atoms with Crippen LogP contribution in [0.3, 0.4) is 0 Å². The Morgan fingerprint density at radius 3 is 2.59 bits per heavy atom. The van der Waals surface area contributed by atoms with Gasteiger partial charge >= 0.3 is 0 Å². The number of rotatable bonds is 3. The van der Waals surface area contributed by atoms with Gasteiger partial charge in [0.15, 0.2) is 0 Å². The topological polar surface area (TPSA) is 68.0 Å². The van der Waals surface area contributed by atoms with E-state index in [1.807, 2.05) is 43.3 Å². The lowest BCUT2D eigenvalue weighted by Crippen LogP contribution is -2.11. The third-order valence-electron chi connectivity index (χ3n) is 3.17. The first-order chi connectivity index (χ1) is 10.6. The van der Waals surface area contributed by atoms with E-state index in [-0.39, 0.29) is 5.91 Å². The van der Waals surface area contributed by atoms with Crippen LogP contribution in [0.15, 0.2) is 52.9 Å². The Hall–Kier alpha value is -2.95. The molecule has 0 aliphatic rings. The molecule has 5 nitrogen and oxygen atoms in total. The van der Waals surface area contributed by atoms with Crippen LogP contribution in [-0.4, -0.2) is 16.1 Å². The van der Waals surface area contributed by atoms with Crippen LogP contribution in [0.1, 0.15) is 21.8 Å². The van der Waals surface area contributed by atoms with Gasteiger partial charge in [-0.1, -0.05) is 23.8 Å². The summed E-state index contributed by atoms with van der Waals surface area (Å²) in [6.45, 7) is 3.69. The first-order valence-corrected chi connectivity index (χ1v) is 6.90. The number of carbonyl (C=O) groups is 1. The molecule has 3 aromatic rings. The lowest BCUT2D eigenvalue weighted by molar-refractivity contribution is 0.102. The van der Waals surface area contributed by atoms with Gasteiger partial charge in [0.1, 0.15) is 0 Å². The van der Waals surface area contributed by atoms with Crippen molar-refractivity contribution in [3.05, 3.63) is 65.5 Å². The molecule has 0 unspecified atom stereocenters. The molecule has 0 atom stereocenters. The van der Waals surface area contributed by atoms with Crippen LogP contribution >= 0.6 is 0 Å². The maximum absolute atomic E-state index is 12.3. The monoisotopic (exact) mass is 293 g/mol. The number of aryl methyl sites for hydroxylation is 2. The van der Waals surface area contributed by atoms with E-state index in [0.29, 0.717) is 23.0 Å². The molecule has 0 spiro atoms. The van der Waals surface area contributed by atoms with E-state index in [9.17, 15) is 4.79 Å². The normalized spacial score (nSPS) is 10.5. The first kappa shape index (κ1) is 14.0. The molecule has 3 rings (SSSR count). The van der Waals surface area contributed by atoms with Gasteiger partial charge in [-0.15, -0.1) is 10.2 Å². The Morgan fingerprint density at radius 2 is 1.86 bits per heavy atom. The number of hydrogen-bond acceptors (Lipinski definition) is 4. The number of carbonyl (C=O) groups excluding carboxylic acids is 1. The number of amides is 1. The molecule has 2 aromatic carbocycles. The molecule has 22 heavy (non-hydrogen) atoms. The fraction of sp³-hybridized carbons (Fsp3) is 0.118. The van der Waals surface area contributed by atoms with Crippen molar-refractivity contribution in [3.63, 3.8) is 0 Å². The zero-order valence-electron chi connectivity index (χ0n) is 12.3. The number of aromatic nitrogens is 2. The van der Waals surface area contributed by atoms with E-state index in [1.165, 1.54) is 0 Å². The van der Waals surface area contributed by atoms with E-state index in [4.69, 9.17) is 4.42 Å². The average molecular weight is 293 g/mol. The maximum Gasteiger partial charge on any atom is 0.255 e. The summed E-state index contributed by atoms with van der Waals surface area (Å²) >= 11 is 0. The first-order valence-electron chi connectivity index (χ1n) is 6.90. The molecule has 1 aromatic heterocycles. The molecule has 5 heteroatoms. The fourth-order valence-corrected chi connectivity index (χ4v) is 2.13. The highest BCUT2D eigenvalue weighted by molar-refractivity contribution is 6.04. The Balaban J connectivity index is 1.82. The SMILES string of the molecule is Cc1cccc(C(=O)Nc2cccc(-c3nnc(C)o3)c2)c1. The van der Waals surface area contributed by atoms with Crippen LogP contribution in [0.2, 0.25) is 0 Å². The molecule has 1 heterocycles. The van der Waals surface area contributed by atoms with Crippen molar-refractivity contribution >= 4 is 11.6 Å². The third-order valence-corrected chi connectivity index (χ3v) is 3.17. The van der Waals surface area contributed by atoms with Crippen LogP contribution < -0.4 is 5.32 Å². The van der Waals surface area contributed by atoms with Crippen molar-refractivity contribution in [2.75, 3.05) is 5.32 Å². The molecule has 0 saturated heterocycles. The van der Waals surface area contributed by atoms with Crippen LogP contribution in [0, 0.1) is 13.8 Å². The van der Waals surface area contributed by atoms with Crippen LogP contribution in [0.25, 0.3) is 11.5 Å². The molecular weight excluding hydrogens is 278 g/mol. The zero-order chi connectivity index (χ0) is 15.5. The summed E-state index contributed by atoms with van der Waals surface area (Å²) < 4.78 is 5.39. The van der Waals surface area contributed by atoms with Gasteiger partial charge in [0.05, 0.1) is 0 Å². The Morgan fingerprint density at radius 1 is 1.05 bits per heavy atom. The lowest BCUT2D eigenvalue weighted by atomic mass is 10.1. The second kappa shape index (κ2) is 5.81. The molecule has 0 saturated carbocycles. The van der Waals surface area contributed by atoms with Crippen LogP contribution in [0.5, 0.6) is 0 Å². The van der Waals surface area contributed by atoms with Crippen molar-refractivity contribution in [2.24, 2.45) is 0 Å². The number of benzene rings is 2. The molecule has 0 radical (unpaired) electrons. The van der Waals surface area contributed by atoms with Crippen LogP contribution in [-0.2, 0) is 0 Å². The smallest absolute Gasteiger partial charge is 0.255 e. The van der Waals surface area contributed by atoms with Gasteiger partial charge in [-0.25, -0.2) is 0 Å². The molecule has 1 N–H and O–H groups in total. The summed E-state index contributed by atoms with van der Waals surface area (Å²) in [5, 5.41) is 10.7. The molecule has 0 aliphatic carbocycles. The summed E-state index contributed by atoms with van der Waals surface area (Å²) in [5.41, 5.74) is 3.12. The summed E-state index contributed by atoms with van der Waals surface area (Å²) in [7, 11) is 0. The summed E-state index contributed by atoms with van der Waals surface area (Å²) in [4.78, 5) is 12.3. The number of nitrogens with zero attached hydrogens (tertiary/aromatic N) is 2. The highest BCUT2D eigenvalue weighted by atomic mass is 16.4. The molecular formula is C17H15N3O2. The minimum absolute atomic E-state index is 0.150. The highest BCUT2D eigenvalue weighted by Gasteiger charge is 2.09. The van der Waals surface area contributed by atoms with E-state index in [2.05, 4.69) is 15.5 Å². The van der Waals surface area contributed by atoms with Gasteiger partial charge in [0, 0.05) is 23.7 Å². The van der Waals surface area contributed by atoms with Gasteiger partial charge in [-0.2, -0.15) is 0 Å². The van der Waals surface area contributed by atoms with Gasteiger partial charge in [-0.05, 0) is 37.3 Å². The van der Waals surface area contributed by atoms with E-state index in [0.717, 1.165) is 11.1 Å². The van der Waals surface area contributed by atoms with E-state index >= 15 is 0 Å². The number of nitrogens with one attached hydrogen (secondary N) is 1. The molecule has 0 aliphatic heterocycles. The van der Waals surface area contributed by atoms with Crippen LogP contribution in [0.4, 0.5) is 5.69 Å². The Kier molecular flexibility index (Phi) is 3.70. The van der Waals surface area contributed by atoms with Gasteiger partial charge in [0.25, 0.3) is 5.91 Å². The molecule has 1 amide bonds. The summed E-state index contributed by atoms with van der Waals surface area (Å²) in [6, 6.07) is 14.8. The Labute approximate surface area is 128 Å². The molecule has 0 fully saturated rings. The van der Waals surface area contributed by atoms with Crippen molar-refractivity contribution in [2.45, 2.75) is 13.8 Å². The molecule has 110 valence electrons. The minimum atomic E-state index is -0.150. The van der Waals surface area contributed by atoms with Crippen molar-refractivity contribution in [1.29, 1.82) is 0 Å². The summed E-state index contributed by atoms with van der Waals surface area (Å²) in [5.74, 6) is 0.788. The molecule has 0 bridgehead atoms. The predicted molar refractivity (Wildman–Crippen MR) is 83.6 cm³/mol. The van der Waals surface area contributed by atoms with Gasteiger partial charge < -0.3 is 9.73 Å². The second-order valence-corrected chi connectivity index (χ2v) is 5.03. The quantitative estimate of drug-likeness (QED) is 0.801. The van der Waals surface area contributed by atoms with Crippen molar-refractivity contribution in [3.8, 4) is 11.5 Å². The van der Waals surface area contributed by atoms with Gasteiger partial charge in [-0.3, -0.25) is 4.79 Å². The number of hydrogen-bond donors (Lipinski definition) is 1. The predicted octanol–water partition coefficient (Wildman–Crippen LogP) is 3.61. The lowest BCUT2D eigenvalue weighted by Gasteiger charge is -2.06. The van der Waals surface area contributed by atoms with E-state index in [1.54, 1.807) is 19.1 Å². The summed E-state index contributed by atoms with van der Waals surface area (Å²) in [6.07, 6.45) is 0. The number of anilines is 1. The van der Waals surface area contributed by atoms with Crippen molar-refractivity contribution in [1.82, 2.24) is 10.2 Å². The standard InChI is InChI=1S/C17H15N3O2/c1-11-5-3-6-13(9-11)16(21)18-15-8-4-7-14(10-15)17-20-19-12(2)22-17/h3-10H,1-2H3,(H,18,21). The third kappa shape index (κ3) is 3.03.